The zero-order valence-corrected chi connectivity index (χ0v) is 19.1. The standard InChI is InChI=1S/C23H21F2N5O3S/c1-11-8-29(14-4-5-14)18-10-28-9-15(20(31)21(32)19(28)23(33)30(11)18)22-27-26-17(34-22)6-12-2-3-13(24)7-16(12)25/h2-3,7,9,11,14,18,32H,4-6,8,10H2,1H3/t11?,18-/m0/s1. The van der Waals surface area contributed by atoms with Gasteiger partial charge in [0.1, 0.15) is 22.8 Å². The Labute approximate surface area is 197 Å². The number of fused-ring (bicyclic) bond motifs is 2. The molecule has 1 saturated carbocycles. The molecule has 2 aromatic heterocycles. The van der Waals surface area contributed by atoms with Crippen LogP contribution in [0.1, 0.15) is 40.8 Å². The van der Waals surface area contributed by atoms with Crippen LogP contribution >= 0.6 is 11.3 Å². The highest BCUT2D eigenvalue weighted by Gasteiger charge is 2.49. The SMILES string of the molecule is CC1CN(C2CC2)[C@@H]2Cn3cc(-c4nnc(Cc5ccc(F)cc5F)s4)c(=O)c(O)c3C(=O)N12. The summed E-state index contributed by atoms with van der Waals surface area (Å²) in [6.45, 7) is 3.20. The third kappa shape index (κ3) is 3.33. The molecule has 0 bridgehead atoms. The number of aromatic hydroxyl groups is 1. The van der Waals surface area contributed by atoms with E-state index in [1.165, 1.54) is 12.1 Å². The average molecular weight is 486 g/mol. The van der Waals surface area contributed by atoms with E-state index in [2.05, 4.69) is 15.1 Å². The molecule has 0 spiro atoms. The van der Waals surface area contributed by atoms with E-state index in [-0.39, 0.29) is 46.4 Å². The lowest BCUT2D eigenvalue weighted by molar-refractivity contribution is 0.0443. The normalized spacial score (nSPS) is 22.2. The molecule has 34 heavy (non-hydrogen) atoms. The van der Waals surface area contributed by atoms with Gasteiger partial charge in [0.15, 0.2) is 16.5 Å². The highest BCUT2D eigenvalue weighted by molar-refractivity contribution is 7.14. The second-order valence-corrected chi connectivity index (χ2v) is 10.2. The molecular formula is C23H21F2N5O3S. The van der Waals surface area contributed by atoms with E-state index in [1.54, 1.807) is 15.7 Å². The van der Waals surface area contributed by atoms with Gasteiger partial charge in [-0.25, -0.2) is 8.78 Å². The number of carbonyl (C=O) groups is 1. The molecule has 1 aromatic carbocycles. The highest BCUT2D eigenvalue weighted by atomic mass is 32.1. The number of carbonyl (C=O) groups excluding carboxylic acids is 1. The number of hydrogen-bond donors (Lipinski definition) is 1. The van der Waals surface area contributed by atoms with Crippen LogP contribution in [0.2, 0.25) is 0 Å². The summed E-state index contributed by atoms with van der Waals surface area (Å²) in [6.07, 6.45) is 3.75. The Morgan fingerprint density at radius 1 is 1.18 bits per heavy atom. The Hall–Kier alpha value is -3.18. The van der Waals surface area contributed by atoms with Crippen molar-refractivity contribution >= 4 is 17.2 Å². The van der Waals surface area contributed by atoms with Crippen LogP contribution in [0.5, 0.6) is 5.75 Å². The zero-order valence-electron chi connectivity index (χ0n) is 18.2. The van der Waals surface area contributed by atoms with Crippen molar-refractivity contribution in [3.8, 4) is 16.3 Å². The molecule has 1 N–H and O–H groups in total. The van der Waals surface area contributed by atoms with Gasteiger partial charge >= 0.3 is 0 Å². The summed E-state index contributed by atoms with van der Waals surface area (Å²) in [5.41, 5.74) is -0.308. The highest BCUT2D eigenvalue weighted by Crippen LogP contribution is 2.39. The van der Waals surface area contributed by atoms with E-state index in [4.69, 9.17) is 0 Å². The smallest absolute Gasteiger partial charge is 0.276 e. The van der Waals surface area contributed by atoms with Crippen LogP contribution in [0, 0.1) is 11.6 Å². The van der Waals surface area contributed by atoms with Gasteiger partial charge in [0.2, 0.25) is 5.43 Å². The molecule has 3 aliphatic rings. The molecule has 6 rings (SSSR count). The van der Waals surface area contributed by atoms with Crippen LogP contribution in [0.4, 0.5) is 8.78 Å². The van der Waals surface area contributed by atoms with Gasteiger partial charge in [-0.2, -0.15) is 0 Å². The van der Waals surface area contributed by atoms with Crippen LogP contribution in [-0.2, 0) is 13.0 Å². The van der Waals surface area contributed by atoms with E-state index in [9.17, 15) is 23.5 Å². The molecule has 8 nitrogen and oxygen atoms in total. The largest absolute Gasteiger partial charge is 0.503 e. The van der Waals surface area contributed by atoms with Gasteiger partial charge in [-0.1, -0.05) is 17.4 Å². The zero-order chi connectivity index (χ0) is 23.7. The number of hydrogen-bond acceptors (Lipinski definition) is 7. The second-order valence-electron chi connectivity index (χ2n) is 9.10. The van der Waals surface area contributed by atoms with Gasteiger partial charge < -0.3 is 14.6 Å². The van der Waals surface area contributed by atoms with Crippen LogP contribution < -0.4 is 5.43 Å². The Morgan fingerprint density at radius 3 is 2.71 bits per heavy atom. The predicted molar refractivity (Wildman–Crippen MR) is 120 cm³/mol. The summed E-state index contributed by atoms with van der Waals surface area (Å²) in [4.78, 5) is 30.4. The van der Waals surface area contributed by atoms with Crippen molar-refractivity contribution in [3.63, 3.8) is 0 Å². The van der Waals surface area contributed by atoms with Crippen LogP contribution in [0.25, 0.3) is 10.6 Å². The lowest BCUT2D eigenvalue weighted by Gasteiger charge is -2.37. The monoisotopic (exact) mass is 485 g/mol. The predicted octanol–water partition coefficient (Wildman–Crippen LogP) is 2.59. The lowest BCUT2D eigenvalue weighted by Crippen LogP contribution is -2.52. The van der Waals surface area contributed by atoms with Crippen molar-refractivity contribution in [1.82, 2.24) is 24.6 Å². The van der Waals surface area contributed by atoms with Crippen molar-refractivity contribution < 1.29 is 18.7 Å². The first kappa shape index (κ1) is 21.4. The fourth-order valence-electron chi connectivity index (χ4n) is 5.03. The topological polar surface area (TPSA) is 91.6 Å². The van der Waals surface area contributed by atoms with Crippen molar-refractivity contribution in [3.05, 3.63) is 62.5 Å². The van der Waals surface area contributed by atoms with E-state index in [0.29, 0.717) is 17.6 Å². The number of rotatable bonds is 4. The molecule has 2 atom stereocenters. The van der Waals surface area contributed by atoms with Gasteiger partial charge in [0, 0.05) is 37.3 Å². The Bertz CT molecular complexity index is 1390. The first-order chi connectivity index (χ1) is 16.3. The number of pyridine rings is 1. The number of amides is 1. The molecular weight excluding hydrogens is 464 g/mol. The van der Waals surface area contributed by atoms with Gasteiger partial charge in [0.05, 0.1) is 12.1 Å². The first-order valence-electron chi connectivity index (χ1n) is 11.1. The second kappa shape index (κ2) is 7.67. The van der Waals surface area contributed by atoms with Gasteiger partial charge in [-0.15, -0.1) is 10.2 Å². The molecule has 3 aromatic rings. The molecule has 176 valence electrons. The minimum atomic E-state index is -0.695. The third-order valence-electron chi connectivity index (χ3n) is 6.78. The number of aromatic nitrogens is 3. The maximum atomic E-state index is 14.0. The quantitative estimate of drug-likeness (QED) is 0.611. The van der Waals surface area contributed by atoms with Crippen LogP contribution in [0.15, 0.2) is 29.2 Å². The first-order valence-corrected chi connectivity index (χ1v) is 11.9. The molecule has 11 heteroatoms. The summed E-state index contributed by atoms with van der Waals surface area (Å²) in [6, 6.07) is 3.79. The lowest BCUT2D eigenvalue weighted by atomic mass is 10.1. The molecule has 0 radical (unpaired) electrons. The summed E-state index contributed by atoms with van der Waals surface area (Å²) in [5.74, 6) is -2.30. The van der Waals surface area contributed by atoms with Crippen LogP contribution in [-0.4, -0.2) is 60.4 Å². The van der Waals surface area contributed by atoms with Gasteiger partial charge in [0.25, 0.3) is 5.91 Å². The molecule has 1 amide bonds. The minimum Gasteiger partial charge on any atom is -0.503 e. The van der Waals surface area contributed by atoms with Gasteiger partial charge in [-0.05, 0) is 31.4 Å². The maximum Gasteiger partial charge on any atom is 0.276 e. The summed E-state index contributed by atoms with van der Waals surface area (Å²) in [5, 5.41) is 19.6. The Morgan fingerprint density at radius 2 is 1.97 bits per heavy atom. The van der Waals surface area contributed by atoms with E-state index in [0.717, 1.165) is 36.8 Å². The molecule has 2 aliphatic heterocycles. The van der Waals surface area contributed by atoms with Crippen molar-refractivity contribution in [2.24, 2.45) is 0 Å². The summed E-state index contributed by atoms with van der Waals surface area (Å²) >= 11 is 1.09. The maximum absolute atomic E-state index is 14.0. The van der Waals surface area contributed by atoms with Gasteiger partial charge in [-0.3, -0.25) is 14.5 Å². The molecule has 1 aliphatic carbocycles. The Kier molecular flexibility index (Phi) is 4.82. The fraction of sp³-hybridized carbons (Fsp3) is 0.391. The van der Waals surface area contributed by atoms with Crippen molar-refractivity contribution in [2.75, 3.05) is 6.54 Å². The summed E-state index contributed by atoms with van der Waals surface area (Å²) < 4.78 is 28.8. The summed E-state index contributed by atoms with van der Waals surface area (Å²) in [7, 11) is 0. The van der Waals surface area contributed by atoms with E-state index >= 15 is 0 Å². The molecule has 4 heterocycles. The van der Waals surface area contributed by atoms with E-state index < -0.39 is 22.8 Å². The molecule has 1 unspecified atom stereocenters. The number of benzene rings is 1. The Balaban J connectivity index is 1.35. The average Bonchev–Trinajstić information content (AvgIpc) is 3.44. The number of halogens is 2. The fourth-order valence-corrected chi connectivity index (χ4v) is 5.90. The van der Waals surface area contributed by atoms with Crippen molar-refractivity contribution in [2.45, 2.75) is 51.0 Å². The minimum absolute atomic E-state index is 0.00129. The molecule has 1 saturated heterocycles. The van der Waals surface area contributed by atoms with Crippen LogP contribution in [0.3, 0.4) is 0 Å². The van der Waals surface area contributed by atoms with E-state index in [1.807, 2.05) is 6.92 Å². The molecule has 2 fully saturated rings. The third-order valence-corrected chi connectivity index (χ3v) is 7.73. The van der Waals surface area contributed by atoms with Crippen molar-refractivity contribution in [1.29, 1.82) is 0 Å². The number of nitrogens with zero attached hydrogens (tertiary/aromatic N) is 5.